The normalized spacial score (nSPS) is 12.8. The van der Waals surface area contributed by atoms with Gasteiger partial charge in [0.2, 0.25) is 5.71 Å². The first kappa shape index (κ1) is 14.9. The minimum absolute atomic E-state index is 0.927. The van der Waals surface area contributed by atoms with Gasteiger partial charge in [0.1, 0.15) is 5.58 Å². The fraction of sp³-hybridized carbons (Fsp3) is 0.0370. The highest BCUT2D eigenvalue weighted by Gasteiger charge is 2.22. The first-order valence-corrected chi connectivity index (χ1v) is 10.3. The van der Waals surface area contributed by atoms with Crippen LogP contribution in [0.15, 0.2) is 83.3 Å². The molecule has 0 bridgehead atoms. The Hall–Kier alpha value is -3.98. The van der Waals surface area contributed by atoms with E-state index in [-0.39, 0.29) is 0 Å². The Morgan fingerprint density at radius 3 is 2.17 bits per heavy atom. The Morgan fingerprint density at radius 2 is 1.23 bits per heavy atom. The number of aromatic nitrogens is 2. The van der Waals surface area contributed by atoms with Gasteiger partial charge in [0.15, 0.2) is 0 Å². The highest BCUT2D eigenvalue weighted by Crippen LogP contribution is 2.44. The van der Waals surface area contributed by atoms with Crippen LogP contribution in [0.3, 0.4) is 0 Å². The summed E-state index contributed by atoms with van der Waals surface area (Å²) in [6, 6.07) is 28.3. The highest BCUT2D eigenvalue weighted by molar-refractivity contribution is 6.32. The lowest BCUT2D eigenvalue weighted by molar-refractivity contribution is 0.651. The molecule has 3 heteroatoms. The van der Waals surface area contributed by atoms with Crippen molar-refractivity contribution in [3.05, 3.63) is 78.9 Å². The van der Waals surface area contributed by atoms with Crippen molar-refractivity contribution in [2.24, 2.45) is 7.05 Å². The van der Waals surface area contributed by atoms with Gasteiger partial charge in [-0.2, -0.15) is 0 Å². The number of benzene rings is 4. The van der Waals surface area contributed by atoms with Crippen LogP contribution in [0.1, 0.15) is 0 Å². The van der Waals surface area contributed by atoms with E-state index in [1.165, 1.54) is 59.8 Å². The highest BCUT2D eigenvalue weighted by atomic mass is 16.3. The van der Waals surface area contributed by atoms with Crippen molar-refractivity contribution in [1.82, 2.24) is 8.97 Å². The van der Waals surface area contributed by atoms with Gasteiger partial charge in [-0.1, -0.05) is 54.6 Å². The van der Waals surface area contributed by atoms with Gasteiger partial charge in [-0.05, 0) is 29.7 Å². The second-order valence-corrected chi connectivity index (χ2v) is 8.25. The smallest absolute Gasteiger partial charge is 0.213 e. The molecule has 0 amide bonds. The molecule has 0 aliphatic heterocycles. The summed E-state index contributed by atoms with van der Waals surface area (Å²) in [6.45, 7) is 0. The molecule has 0 aliphatic carbocycles. The van der Waals surface area contributed by atoms with Crippen molar-refractivity contribution < 1.29 is 4.42 Å². The summed E-state index contributed by atoms with van der Waals surface area (Å²) >= 11 is 0. The molecule has 0 saturated carbocycles. The lowest BCUT2D eigenvalue weighted by atomic mass is 10.0. The van der Waals surface area contributed by atoms with E-state index in [0.717, 1.165) is 11.3 Å². The molecule has 0 fully saturated rings. The molecular formula is C27H16N2O. The summed E-state index contributed by atoms with van der Waals surface area (Å²) in [5, 5.41) is 8.79. The van der Waals surface area contributed by atoms with Crippen molar-refractivity contribution in [2.45, 2.75) is 0 Å². The Bertz CT molecular complexity index is 1960. The zero-order valence-electron chi connectivity index (χ0n) is 16.3. The summed E-state index contributed by atoms with van der Waals surface area (Å²) < 4.78 is 11.1. The van der Waals surface area contributed by atoms with Crippen LogP contribution in [0.25, 0.3) is 71.1 Å². The van der Waals surface area contributed by atoms with E-state index in [9.17, 15) is 0 Å². The fourth-order valence-corrected chi connectivity index (χ4v) is 5.67. The maximum Gasteiger partial charge on any atom is 0.213 e. The molecule has 0 saturated heterocycles. The van der Waals surface area contributed by atoms with Crippen LogP contribution < -0.4 is 0 Å². The lowest BCUT2D eigenvalue weighted by Gasteiger charge is -2.03. The average Bonchev–Trinajstić information content (AvgIpc) is 3.38. The molecule has 0 aliphatic rings. The molecule has 0 spiro atoms. The monoisotopic (exact) mass is 384 g/mol. The number of hydrogen-bond acceptors (Lipinski definition) is 1. The Balaban J connectivity index is 1.89. The van der Waals surface area contributed by atoms with Gasteiger partial charge in [-0.25, -0.2) is 0 Å². The van der Waals surface area contributed by atoms with Crippen LogP contribution >= 0.6 is 0 Å². The molecule has 8 rings (SSSR count). The van der Waals surface area contributed by atoms with Crippen molar-refractivity contribution in [3.63, 3.8) is 0 Å². The molecule has 30 heavy (non-hydrogen) atoms. The van der Waals surface area contributed by atoms with Gasteiger partial charge in [-0.3, -0.25) is 4.40 Å². The van der Waals surface area contributed by atoms with Gasteiger partial charge < -0.3 is 8.98 Å². The predicted molar refractivity (Wildman–Crippen MR) is 125 cm³/mol. The van der Waals surface area contributed by atoms with Crippen LogP contribution in [-0.2, 0) is 7.05 Å². The SMILES string of the molecule is Cn1c2cccc3c4cccc5c6c7ccccc7oc6n(c6cccc1c6c32)c45. The Morgan fingerprint density at radius 1 is 0.567 bits per heavy atom. The average molecular weight is 384 g/mol. The first-order chi connectivity index (χ1) is 14.8. The van der Waals surface area contributed by atoms with Crippen LogP contribution in [-0.4, -0.2) is 8.97 Å². The zero-order valence-corrected chi connectivity index (χ0v) is 16.3. The molecule has 0 radical (unpaired) electrons. The van der Waals surface area contributed by atoms with Crippen molar-refractivity contribution in [1.29, 1.82) is 0 Å². The maximum absolute atomic E-state index is 6.49. The number of para-hydroxylation sites is 2. The summed E-state index contributed by atoms with van der Waals surface area (Å²) in [5.74, 6) is 0. The fourth-order valence-electron chi connectivity index (χ4n) is 5.67. The van der Waals surface area contributed by atoms with Crippen molar-refractivity contribution in [2.75, 3.05) is 0 Å². The zero-order chi connectivity index (χ0) is 19.6. The van der Waals surface area contributed by atoms with Crippen molar-refractivity contribution in [3.8, 4) is 0 Å². The third-order valence-electron chi connectivity index (χ3n) is 6.88. The third kappa shape index (κ3) is 1.47. The van der Waals surface area contributed by atoms with E-state index in [1.807, 2.05) is 6.07 Å². The molecule has 4 aromatic carbocycles. The van der Waals surface area contributed by atoms with Gasteiger partial charge in [-0.15, -0.1) is 0 Å². The molecule has 0 atom stereocenters. The molecular weight excluding hydrogens is 368 g/mol. The molecule has 4 heterocycles. The third-order valence-corrected chi connectivity index (χ3v) is 6.88. The van der Waals surface area contributed by atoms with Gasteiger partial charge in [0.05, 0.1) is 21.9 Å². The van der Waals surface area contributed by atoms with Gasteiger partial charge >= 0.3 is 0 Å². The number of nitrogens with zero attached hydrogens (tertiary/aromatic N) is 2. The van der Waals surface area contributed by atoms with E-state index in [2.05, 4.69) is 88.8 Å². The number of fused-ring (bicyclic) bond motifs is 7. The minimum atomic E-state index is 0.927. The predicted octanol–water partition coefficient (Wildman–Crippen LogP) is 7.23. The summed E-state index contributed by atoms with van der Waals surface area (Å²) in [4.78, 5) is 0. The molecule has 140 valence electrons. The molecule has 4 aromatic heterocycles. The topological polar surface area (TPSA) is 22.5 Å². The Labute approximate surface area is 170 Å². The molecule has 0 unspecified atom stereocenters. The summed E-state index contributed by atoms with van der Waals surface area (Å²) in [5.41, 5.74) is 6.79. The molecule has 3 nitrogen and oxygen atoms in total. The first-order valence-electron chi connectivity index (χ1n) is 10.3. The lowest BCUT2D eigenvalue weighted by Crippen LogP contribution is -1.88. The van der Waals surface area contributed by atoms with E-state index < -0.39 is 0 Å². The van der Waals surface area contributed by atoms with Gasteiger partial charge in [0.25, 0.3) is 0 Å². The number of aryl methyl sites for hydroxylation is 1. The van der Waals surface area contributed by atoms with Crippen molar-refractivity contribution >= 4 is 71.1 Å². The minimum Gasteiger partial charge on any atom is -0.439 e. The van der Waals surface area contributed by atoms with Crippen LogP contribution in [0.5, 0.6) is 0 Å². The standard InChI is InChI=1S/C27H16N2O/c1-28-19-11-5-8-15-16-9-4-10-18-23-17-7-2-3-14-22(17)30-27(23)29(26(16)18)21-13-6-12-20(28)25(21)24(15)19/h2-14H,1H3. The largest absolute Gasteiger partial charge is 0.439 e. The Kier molecular flexibility index (Phi) is 2.37. The maximum atomic E-state index is 6.49. The van der Waals surface area contributed by atoms with E-state index in [4.69, 9.17) is 4.42 Å². The number of rotatable bonds is 0. The van der Waals surface area contributed by atoms with Crippen LogP contribution in [0.4, 0.5) is 0 Å². The molecule has 0 N–H and O–H groups in total. The van der Waals surface area contributed by atoms with Gasteiger partial charge in [0, 0.05) is 39.5 Å². The molecule has 8 aromatic rings. The van der Waals surface area contributed by atoms with Crippen LogP contribution in [0, 0.1) is 0 Å². The van der Waals surface area contributed by atoms with E-state index >= 15 is 0 Å². The second-order valence-electron chi connectivity index (χ2n) is 8.25. The number of furan rings is 1. The quantitative estimate of drug-likeness (QED) is 0.270. The van der Waals surface area contributed by atoms with E-state index in [0.29, 0.717) is 0 Å². The number of hydrogen-bond donors (Lipinski definition) is 0. The summed E-state index contributed by atoms with van der Waals surface area (Å²) in [7, 11) is 2.16. The van der Waals surface area contributed by atoms with Crippen LogP contribution in [0.2, 0.25) is 0 Å². The van der Waals surface area contributed by atoms with E-state index in [1.54, 1.807) is 0 Å². The summed E-state index contributed by atoms with van der Waals surface area (Å²) in [6.07, 6.45) is 0. The second kappa shape index (κ2) is 4.77.